The van der Waals surface area contributed by atoms with E-state index in [0.29, 0.717) is 0 Å². The average Bonchev–Trinajstić information content (AvgIpc) is 2.82. The molecule has 5 nitrogen and oxygen atoms in total. The normalized spacial score (nSPS) is 12.9. The maximum atomic E-state index is 5.70. The molecule has 0 fully saturated rings. The van der Waals surface area contributed by atoms with Gasteiger partial charge in [0.15, 0.2) is 0 Å². The van der Waals surface area contributed by atoms with Crippen molar-refractivity contribution in [3.63, 3.8) is 0 Å². The molecular weight excluding hydrogens is 246 g/mol. The highest BCUT2D eigenvalue weighted by atomic mass is 32.1. The Morgan fingerprint density at radius 3 is 2.61 bits per heavy atom. The summed E-state index contributed by atoms with van der Waals surface area (Å²) < 4.78 is 1.89. The van der Waals surface area contributed by atoms with Gasteiger partial charge >= 0.3 is 0 Å². The molecule has 6 heteroatoms. The molecule has 1 unspecified atom stereocenters. The van der Waals surface area contributed by atoms with Crippen molar-refractivity contribution in [2.45, 2.75) is 33.2 Å². The smallest absolute Gasteiger partial charge is 0.0897 e. The molecule has 2 rings (SSSR count). The van der Waals surface area contributed by atoms with Crippen molar-refractivity contribution in [2.75, 3.05) is 0 Å². The van der Waals surface area contributed by atoms with Crippen LogP contribution in [0.3, 0.4) is 0 Å². The minimum atomic E-state index is 0.0557. The lowest BCUT2D eigenvalue weighted by Gasteiger charge is -2.15. The zero-order valence-corrected chi connectivity index (χ0v) is 12.0. The predicted octanol–water partition coefficient (Wildman–Crippen LogP) is 1.55. The van der Waals surface area contributed by atoms with Gasteiger partial charge in [0.05, 0.1) is 22.4 Å². The number of thiazole rings is 1. The second-order valence-electron chi connectivity index (χ2n) is 4.49. The van der Waals surface area contributed by atoms with Crippen LogP contribution in [-0.4, -0.2) is 14.8 Å². The van der Waals surface area contributed by atoms with Crippen LogP contribution in [0, 0.1) is 20.8 Å². The highest BCUT2D eigenvalue weighted by Crippen LogP contribution is 2.24. The van der Waals surface area contributed by atoms with E-state index in [4.69, 9.17) is 5.84 Å². The Morgan fingerprint density at radius 1 is 1.44 bits per heavy atom. The molecule has 0 radical (unpaired) electrons. The van der Waals surface area contributed by atoms with E-state index in [-0.39, 0.29) is 6.04 Å². The van der Waals surface area contributed by atoms with E-state index in [1.54, 1.807) is 11.3 Å². The summed E-state index contributed by atoms with van der Waals surface area (Å²) in [6.07, 6.45) is 0.786. The van der Waals surface area contributed by atoms with Gasteiger partial charge in [-0.3, -0.25) is 16.0 Å². The highest BCUT2D eigenvalue weighted by molar-refractivity contribution is 7.09. The molecule has 98 valence electrons. The summed E-state index contributed by atoms with van der Waals surface area (Å²) in [4.78, 5) is 4.49. The van der Waals surface area contributed by atoms with E-state index in [9.17, 15) is 0 Å². The van der Waals surface area contributed by atoms with E-state index < -0.39 is 0 Å². The molecule has 0 aromatic carbocycles. The molecule has 0 aliphatic rings. The van der Waals surface area contributed by atoms with Gasteiger partial charge in [0, 0.05) is 30.1 Å². The summed E-state index contributed by atoms with van der Waals surface area (Å²) in [6, 6.07) is 0.0557. The van der Waals surface area contributed by atoms with Crippen LogP contribution in [0.1, 0.15) is 33.7 Å². The molecule has 2 aromatic heterocycles. The minimum Gasteiger partial charge on any atom is -0.272 e. The number of nitrogens with one attached hydrogen (secondary N) is 1. The van der Waals surface area contributed by atoms with Crippen LogP contribution in [-0.2, 0) is 13.5 Å². The number of hydrogen-bond acceptors (Lipinski definition) is 5. The Bertz CT molecular complexity index is 543. The van der Waals surface area contributed by atoms with E-state index in [0.717, 1.165) is 28.5 Å². The monoisotopic (exact) mass is 265 g/mol. The number of hydrogen-bond donors (Lipinski definition) is 2. The van der Waals surface area contributed by atoms with Crippen molar-refractivity contribution in [3.05, 3.63) is 33.0 Å². The van der Waals surface area contributed by atoms with Gasteiger partial charge in [-0.25, -0.2) is 4.98 Å². The van der Waals surface area contributed by atoms with Crippen molar-refractivity contribution < 1.29 is 0 Å². The number of aryl methyl sites for hydroxylation is 3. The van der Waals surface area contributed by atoms with E-state index in [1.807, 2.05) is 25.6 Å². The van der Waals surface area contributed by atoms with Gasteiger partial charge in [-0.2, -0.15) is 5.10 Å². The predicted molar refractivity (Wildman–Crippen MR) is 73.3 cm³/mol. The third-order valence-electron chi connectivity index (χ3n) is 3.19. The van der Waals surface area contributed by atoms with Crippen LogP contribution < -0.4 is 11.3 Å². The van der Waals surface area contributed by atoms with E-state index in [1.165, 1.54) is 5.56 Å². The molecule has 1 atom stereocenters. The van der Waals surface area contributed by atoms with E-state index >= 15 is 0 Å². The third kappa shape index (κ3) is 2.45. The first kappa shape index (κ1) is 13.2. The molecule has 2 heterocycles. The van der Waals surface area contributed by atoms with Gasteiger partial charge in [-0.1, -0.05) is 0 Å². The van der Waals surface area contributed by atoms with Gasteiger partial charge < -0.3 is 0 Å². The Labute approximate surface area is 111 Å². The quantitative estimate of drug-likeness (QED) is 0.650. The molecule has 0 bridgehead atoms. The molecule has 0 saturated carbocycles. The zero-order valence-electron chi connectivity index (χ0n) is 11.2. The summed E-state index contributed by atoms with van der Waals surface area (Å²) in [5.41, 5.74) is 7.29. The molecule has 2 aromatic rings. The van der Waals surface area contributed by atoms with Crippen molar-refractivity contribution in [2.24, 2.45) is 12.9 Å². The second-order valence-corrected chi connectivity index (χ2v) is 5.55. The summed E-state index contributed by atoms with van der Waals surface area (Å²) in [6.45, 7) is 6.09. The number of rotatable bonds is 4. The number of nitrogens with zero attached hydrogens (tertiary/aromatic N) is 3. The molecular formula is C12H19N5S. The largest absolute Gasteiger partial charge is 0.272 e. The Kier molecular flexibility index (Phi) is 3.79. The molecule has 0 spiro atoms. The molecule has 0 aliphatic heterocycles. The standard InChI is InChI=1S/C12H19N5S/c1-7-12(8(2)17(4)16-7)11(15-13)5-10-6-18-9(3)14-10/h6,11,15H,5,13H2,1-4H3. The first-order valence-corrected chi connectivity index (χ1v) is 6.78. The maximum absolute atomic E-state index is 5.70. The van der Waals surface area contributed by atoms with Crippen molar-refractivity contribution >= 4 is 11.3 Å². The Hall–Kier alpha value is -1.24. The number of aromatic nitrogens is 3. The van der Waals surface area contributed by atoms with Gasteiger partial charge in [0.2, 0.25) is 0 Å². The average molecular weight is 265 g/mol. The summed E-state index contributed by atoms with van der Waals surface area (Å²) in [7, 11) is 1.95. The van der Waals surface area contributed by atoms with Crippen LogP contribution in [0.4, 0.5) is 0 Å². The summed E-state index contributed by atoms with van der Waals surface area (Å²) in [5.74, 6) is 5.70. The first-order chi connectivity index (χ1) is 8.52. The van der Waals surface area contributed by atoms with Crippen LogP contribution in [0.2, 0.25) is 0 Å². The lowest BCUT2D eigenvalue weighted by atomic mass is 10.0. The molecule has 0 saturated heterocycles. The first-order valence-electron chi connectivity index (χ1n) is 5.90. The molecule has 0 aliphatic carbocycles. The Morgan fingerprint density at radius 2 is 2.17 bits per heavy atom. The molecule has 18 heavy (non-hydrogen) atoms. The highest BCUT2D eigenvalue weighted by Gasteiger charge is 2.20. The number of hydrazine groups is 1. The maximum Gasteiger partial charge on any atom is 0.0897 e. The van der Waals surface area contributed by atoms with Crippen molar-refractivity contribution in [3.8, 4) is 0 Å². The van der Waals surface area contributed by atoms with Gasteiger partial charge in [-0.15, -0.1) is 11.3 Å². The van der Waals surface area contributed by atoms with Gasteiger partial charge in [-0.05, 0) is 20.8 Å². The fraction of sp³-hybridized carbons (Fsp3) is 0.500. The van der Waals surface area contributed by atoms with Gasteiger partial charge in [0.1, 0.15) is 0 Å². The summed E-state index contributed by atoms with van der Waals surface area (Å²) in [5, 5.41) is 7.60. The topological polar surface area (TPSA) is 68.8 Å². The van der Waals surface area contributed by atoms with Crippen LogP contribution in [0.5, 0.6) is 0 Å². The lowest BCUT2D eigenvalue weighted by molar-refractivity contribution is 0.541. The van der Waals surface area contributed by atoms with Crippen molar-refractivity contribution in [1.29, 1.82) is 0 Å². The van der Waals surface area contributed by atoms with Crippen LogP contribution >= 0.6 is 11.3 Å². The second kappa shape index (κ2) is 5.17. The lowest BCUT2D eigenvalue weighted by Crippen LogP contribution is -2.30. The molecule has 3 N–H and O–H groups in total. The number of nitrogens with two attached hydrogens (primary N) is 1. The zero-order chi connectivity index (χ0) is 13.3. The fourth-order valence-electron chi connectivity index (χ4n) is 2.25. The summed E-state index contributed by atoms with van der Waals surface area (Å²) >= 11 is 1.67. The molecule has 0 amide bonds. The fourth-order valence-corrected chi connectivity index (χ4v) is 2.88. The van der Waals surface area contributed by atoms with Gasteiger partial charge in [0.25, 0.3) is 0 Å². The van der Waals surface area contributed by atoms with Crippen LogP contribution in [0.15, 0.2) is 5.38 Å². The van der Waals surface area contributed by atoms with Crippen molar-refractivity contribution in [1.82, 2.24) is 20.2 Å². The third-order valence-corrected chi connectivity index (χ3v) is 4.02. The van der Waals surface area contributed by atoms with E-state index in [2.05, 4.69) is 27.8 Å². The minimum absolute atomic E-state index is 0.0557. The Balaban J connectivity index is 2.28. The SMILES string of the molecule is Cc1nc(CC(NN)c2c(C)nn(C)c2C)cs1. The van der Waals surface area contributed by atoms with Crippen LogP contribution in [0.25, 0.3) is 0 Å².